The summed E-state index contributed by atoms with van der Waals surface area (Å²) in [5.41, 5.74) is 3.19. The Balaban J connectivity index is 1.45. The van der Waals surface area contributed by atoms with Crippen molar-refractivity contribution < 1.29 is 24.5 Å². The van der Waals surface area contributed by atoms with Crippen molar-refractivity contribution in [3.8, 4) is 5.75 Å². The maximum absolute atomic E-state index is 13.0. The second kappa shape index (κ2) is 18.0. The van der Waals surface area contributed by atoms with Crippen LogP contribution in [0.2, 0.25) is 0 Å². The van der Waals surface area contributed by atoms with E-state index < -0.39 is 18.0 Å². The molecule has 0 saturated heterocycles. The highest BCUT2D eigenvalue weighted by molar-refractivity contribution is 7.98. The number of aliphatic hydroxyl groups excluding tert-OH is 2. The number of hydrogen-bond acceptors (Lipinski definition) is 6. The van der Waals surface area contributed by atoms with Gasteiger partial charge in [0, 0.05) is 17.9 Å². The van der Waals surface area contributed by atoms with Crippen LogP contribution in [0.25, 0.3) is 0 Å². The molecule has 3 atom stereocenters. The van der Waals surface area contributed by atoms with Gasteiger partial charge in [0.25, 0.3) is 0 Å². The molecule has 0 aliphatic heterocycles. The zero-order valence-electron chi connectivity index (χ0n) is 23.3. The highest BCUT2D eigenvalue weighted by Crippen LogP contribution is 2.17. The Kier molecular flexibility index (Phi) is 14.0. The van der Waals surface area contributed by atoms with Crippen LogP contribution in [0.1, 0.15) is 29.5 Å². The fourth-order valence-electron chi connectivity index (χ4n) is 4.26. The molecule has 218 valence electrons. The van der Waals surface area contributed by atoms with Gasteiger partial charge >= 0.3 is 0 Å². The van der Waals surface area contributed by atoms with Gasteiger partial charge in [-0.05, 0) is 41.7 Å². The molecule has 0 spiro atoms. The van der Waals surface area contributed by atoms with Crippen molar-refractivity contribution >= 4 is 23.6 Å². The van der Waals surface area contributed by atoms with Gasteiger partial charge in [0.05, 0.1) is 31.2 Å². The molecule has 0 fully saturated rings. The lowest BCUT2D eigenvalue weighted by Gasteiger charge is -2.22. The molecule has 0 heterocycles. The topological polar surface area (TPSA) is 108 Å². The van der Waals surface area contributed by atoms with Gasteiger partial charge in [-0.25, -0.2) is 0 Å². The van der Waals surface area contributed by atoms with Crippen molar-refractivity contribution in [3.05, 3.63) is 114 Å². The largest absolute Gasteiger partial charge is 0.489 e. The lowest BCUT2D eigenvalue weighted by molar-refractivity contribution is -0.131. The van der Waals surface area contributed by atoms with Gasteiger partial charge in [0.1, 0.15) is 12.4 Å². The second-order valence-electron chi connectivity index (χ2n) is 9.88. The second-order valence-corrected chi connectivity index (χ2v) is 10.9. The lowest BCUT2D eigenvalue weighted by Crippen LogP contribution is -2.45. The van der Waals surface area contributed by atoms with Crippen LogP contribution in [-0.2, 0) is 28.4 Å². The Morgan fingerprint density at radius 1 is 0.829 bits per heavy atom. The number of nitrogens with one attached hydrogen (secondary N) is 2. The first-order valence-corrected chi connectivity index (χ1v) is 15.0. The van der Waals surface area contributed by atoms with Gasteiger partial charge in [-0.15, -0.1) is 6.58 Å². The first kappa shape index (κ1) is 31.9. The number of carbonyl (C=O) groups is 2. The van der Waals surface area contributed by atoms with Gasteiger partial charge in [0.2, 0.25) is 11.8 Å². The predicted molar refractivity (Wildman–Crippen MR) is 164 cm³/mol. The summed E-state index contributed by atoms with van der Waals surface area (Å²) in [6, 6.07) is 26.5. The van der Waals surface area contributed by atoms with E-state index in [0.29, 0.717) is 25.2 Å². The third-order valence-corrected chi connectivity index (χ3v) is 7.67. The molecule has 3 rings (SSSR count). The molecule has 2 amide bonds. The van der Waals surface area contributed by atoms with Crippen molar-refractivity contribution in [1.82, 2.24) is 10.6 Å². The van der Waals surface area contributed by atoms with Gasteiger partial charge in [-0.1, -0.05) is 78.9 Å². The van der Waals surface area contributed by atoms with E-state index in [4.69, 9.17) is 4.74 Å². The molecule has 0 bridgehead atoms. The number of hydrogen-bond donors (Lipinski definition) is 4. The fourth-order valence-corrected chi connectivity index (χ4v) is 5.27. The molecule has 0 aliphatic rings. The Bertz CT molecular complexity index is 1190. The van der Waals surface area contributed by atoms with Crippen molar-refractivity contribution in [2.75, 3.05) is 19.0 Å². The summed E-state index contributed by atoms with van der Waals surface area (Å²) in [5, 5.41) is 25.4. The van der Waals surface area contributed by atoms with E-state index in [1.165, 1.54) is 5.56 Å². The highest BCUT2D eigenvalue weighted by Gasteiger charge is 2.24. The minimum Gasteiger partial charge on any atom is -0.489 e. The third kappa shape index (κ3) is 11.8. The summed E-state index contributed by atoms with van der Waals surface area (Å²) in [5.74, 6) is 0.810. The molecule has 41 heavy (non-hydrogen) atoms. The average Bonchev–Trinajstić information content (AvgIpc) is 3.00. The van der Waals surface area contributed by atoms with Crippen LogP contribution >= 0.6 is 11.8 Å². The van der Waals surface area contributed by atoms with E-state index in [-0.39, 0.29) is 31.4 Å². The molecule has 0 saturated carbocycles. The molecule has 7 nitrogen and oxygen atoms in total. The first-order valence-electron chi connectivity index (χ1n) is 13.8. The Hall–Kier alpha value is -3.59. The fraction of sp³-hybridized carbons (Fsp3) is 0.333. The zero-order chi connectivity index (χ0) is 29.3. The van der Waals surface area contributed by atoms with E-state index in [1.54, 1.807) is 17.8 Å². The summed E-state index contributed by atoms with van der Waals surface area (Å²) < 4.78 is 5.83. The first-order chi connectivity index (χ1) is 20.0. The summed E-state index contributed by atoms with van der Waals surface area (Å²) in [6.45, 7) is 3.77. The number of thioether (sulfide) groups is 1. The van der Waals surface area contributed by atoms with Crippen molar-refractivity contribution in [3.63, 3.8) is 0 Å². The quantitative estimate of drug-likeness (QED) is 0.169. The SMILES string of the molecule is C=CCC(CC(=O)NC(CO)Cc1ccc(OCc2ccccc2)cc1)C(=O)NC(CO)CSCc1ccccc1. The normalized spacial score (nSPS) is 13.0. The van der Waals surface area contributed by atoms with Gasteiger partial charge in [-0.2, -0.15) is 11.8 Å². The number of carbonyl (C=O) groups excluding carboxylic acids is 2. The van der Waals surface area contributed by atoms with Crippen molar-refractivity contribution in [1.29, 1.82) is 0 Å². The number of allylic oxidation sites excluding steroid dienone is 1. The monoisotopic (exact) mass is 576 g/mol. The minimum absolute atomic E-state index is 0.0457. The zero-order valence-corrected chi connectivity index (χ0v) is 24.1. The molecular formula is C33H40N2O5S. The Morgan fingerprint density at radius 3 is 2.07 bits per heavy atom. The van der Waals surface area contributed by atoms with E-state index in [1.807, 2.05) is 84.9 Å². The van der Waals surface area contributed by atoms with Crippen molar-refractivity contribution in [2.24, 2.45) is 5.92 Å². The number of rotatable bonds is 18. The number of aliphatic hydroxyl groups is 2. The number of amides is 2. The van der Waals surface area contributed by atoms with Crippen LogP contribution in [0.5, 0.6) is 5.75 Å². The lowest BCUT2D eigenvalue weighted by atomic mass is 9.98. The maximum atomic E-state index is 13.0. The smallest absolute Gasteiger partial charge is 0.224 e. The summed E-state index contributed by atoms with van der Waals surface area (Å²) in [6.07, 6.45) is 2.32. The van der Waals surface area contributed by atoms with E-state index in [2.05, 4.69) is 17.2 Å². The standard InChI is InChI=1S/C33H40N2O5S/c1-2-9-28(33(39)35-30(21-37)24-41-23-27-12-7-4-8-13-27)19-32(38)34-29(20-36)18-25-14-16-31(17-15-25)40-22-26-10-5-3-6-11-26/h2-8,10-17,28-30,36-37H,1,9,18-24H2,(H,34,38)(H,35,39). The predicted octanol–water partition coefficient (Wildman–Crippen LogP) is 4.28. The molecule has 3 aromatic carbocycles. The molecule has 4 N–H and O–H groups in total. The molecule has 0 radical (unpaired) electrons. The molecule has 0 aromatic heterocycles. The van der Waals surface area contributed by atoms with Crippen LogP contribution < -0.4 is 15.4 Å². The summed E-state index contributed by atoms with van der Waals surface area (Å²) in [4.78, 5) is 25.8. The Morgan fingerprint density at radius 2 is 1.46 bits per heavy atom. The maximum Gasteiger partial charge on any atom is 0.224 e. The van der Waals surface area contributed by atoms with Crippen LogP contribution in [-0.4, -0.2) is 53.1 Å². The molecule has 0 aliphatic carbocycles. The Labute approximate surface area is 247 Å². The van der Waals surface area contributed by atoms with Gasteiger partial charge in [-0.3, -0.25) is 9.59 Å². The van der Waals surface area contributed by atoms with E-state index in [0.717, 1.165) is 22.6 Å². The van der Waals surface area contributed by atoms with Crippen LogP contribution in [0.4, 0.5) is 0 Å². The molecular weight excluding hydrogens is 536 g/mol. The van der Waals surface area contributed by atoms with Crippen LogP contribution in [0.3, 0.4) is 0 Å². The molecule has 3 aromatic rings. The summed E-state index contributed by atoms with van der Waals surface area (Å²) >= 11 is 1.62. The number of benzene rings is 3. The molecule has 8 heteroatoms. The van der Waals surface area contributed by atoms with Crippen LogP contribution in [0.15, 0.2) is 97.6 Å². The van der Waals surface area contributed by atoms with Crippen molar-refractivity contribution in [2.45, 2.75) is 43.7 Å². The highest BCUT2D eigenvalue weighted by atomic mass is 32.2. The van der Waals surface area contributed by atoms with E-state index >= 15 is 0 Å². The summed E-state index contributed by atoms with van der Waals surface area (Å²) in [7, 11) is 0. The third-order valence-electron chi connectivity index (χ3n) is 6.49. The average molecular weight is 577 g/mol. The van der Waals surface area contributed by atoms with Gasteiger partial charge in [0.15, 0.2) is 0 Å². The number of ether oxygens (including phenoxy) is 1. The van der Waals surface area contributed by atoms with Crippen LogP contribution in [0, 0.1) is 5.92 Å². The van der Waals surface area contributed by atoms with Gasteiger partial charge < -0.3 is 25.6 Å². The molecule has 3 unspecified atom stereocenters. The minimum atomic E-state index is -0.624. The van der Waals surface area contributed by atoms with E-state index in [9.17, 15) is 19.8 Å².